The van der Waals surface area contributed by atoms with Crippen LogP contribution in [0, 0.1) is 0 Å². The maximum atomic E-state index is 13.2. The van der Waals surface area contributed by atoms with Crippen molar-refractivity contribution in [3.05, 3.63) is 85.1 Å². The van der Waals surface area contributed by atoms with Gasteiger partial charge in [0.15, 0.2) is 0 Å². The third-order valence-electron chi connectivity index (χ3n) is 11.3. The van der Waals surface area contributed by atoms with E-state index in [0.717, 1.165) is 96.3 Å². The molecule has 0 rings (SSSR count). The van der Waals surface area contributed by atoms with Gasteiger partial charge in [-0.2, -0.15) is 0 Å². The first-order chi connectivity index (χ1) is 30.5. The maximum Gasteiger partial charge on any atom is 0.306 e. The van der Waals surface area contributed by atoms with E-state index in [1.165, 1.54) is 89.9 Å². The number of ether oxygens (including phenoxy) is 1. The zero-order chi connectivity index (χ0) is 45.2. The normalized spacial score (nSPS) is 14.0. The van der Waals surface area contributed by atoms with Gasteiger partial charge in [-0.1, -0.05) is 215 Å². The lowest BCUT2D eigenvalue weighted by Crippen LogP contribution is -2.46. The molecular weight excluding hydrogens is 767 g/mol. The van der Waals surface area contributed by atoms with Crippen molar-refractivity contribution in [3.8, 4) is 0 Å². The second-order valence-electron chi connectivity index (χ2n) is 17.3. The predicted octanol–water partition coefficient (Wildman–Crippen LogP) is 15.6. The highest BCUT2D eigenvalue weighted by Crippen LogP contribution is 2.17. The molecule has 3 atom stereocenters. The molecule has 356 valence electrons. The van der Waals surface area contributed by atoms with Crippen molar-refractivity contribution in [3.63, 3.8) is 0 Å². The minimum atomic E-state index is -0.805. The number of unbranched alkanes of at least 4 members (excludes halogenated alkanes) is 22. The summed E-state index contributed by atoms with van der Waals surface area (Å²) < 4.78 is 5.91. The molecule has 3 unspecified atom stereocenters. The molecule has 0 saturated heterocycles. The SMILES string of the molecule is CCCCC/C=C\C/C=C\C/C=C\CCCCC(CC(=O)NC(CO)C(O)CCCCCCCCCCCC)OC(=O)CCCCCCC/C=C/C=C/C=C/C=C/CCCCC. The predicted molar refractivity (Wildman–Crippen MR) is 268 cm³/mol. The molecule has 6 heteroatoms. The standard InChI is InChI=1S/C56H97NO5/c1-4-7-10-13-16-19-22-24-26-27-28-30-32-34-37-40-43-46-49-56(61)62-52(47-44-41-38-35-33-31-29-25-23-20-17-14-11-8-5-2)50-55(60)57-53(51-58)54(59)48-45-42-39-36-21-18-15-12-9-6-3/h16-17,19-20,22,24-30,33,35,52-54,58-59H,4-15,18,21,23,31-32,34,36-51H2,1-3H3,(H,57,60)/b19-16+,20-17-,24-22+,27-26+,29-25-,30-28+,35-33-. The summed E-state index contributed by atoms with van der Waals surface area (Å²) in [6.45, 7) is 6.38. The largest absolute Gasteiger partial charge is 0.462 e. The van der Waals surface area contributed by atoms with Gasteiger partial charge in [-0.15, -0.1) is 0 Å². The van der Waals surface area contributed by atoms with Gasteiger partial charge in [0.25, 0.3) is 0 Å². The first kappa shape index (κ1) is 59.0. The average Bonchev–Trinajstić information content (AvgIpc) is 3.26. The Labute approximate surface area is 383 Å². The quantitative estimate of drug-likeness (QED) is 0.0245. The zero-order valence-corrected chi connectivity index (χ0v) is 40.5. The molecule has 0 aromatic rings. The van der Waals surface area contributed by atoms with E-state index in [-0.39, 0.29) is 24.9 Å². The van der Waals surface area contributed by atoms with E-state index < -0.39 is 18.2 Å². The third kappa shape index (κ3) is 43.7. The summed E-state index contributed by atoms with van der Waals surface area (Å²) in [6, 6.07) is -0.722. The van der Waals surface area contributed by atoms with Crippen molar-refractivity contribution in [2.24, 2.45) is 0 Å². The minimum absolute atomic E-state index is 0.0378. The van der Waals surface area contributed by atoms with Crippen molar-refractivity contribution in [2.75, 3.05) is 6.61 Å². The highest BCUT2D eigenvalue weighted by Gasteiger charge is 2.24. The molecular formula is C56H97NO5. The van der Waals surface area contributed by atoms with Gasteiger partial charge in [0.05, 0.1) is 25.2 Å². The van der Waals surface area contributed by atoms with Crippen LogP contribution in [-0.2, 0) is 14.3 Å². The van der Waals surface area contributed by atoms with E-state index in [4.69, 9.17) is 4.74 Å². The highest BCUT2D eigenvalue weighted by atomic mass is 16.5. The molecule has 0 radical (unpaired) electrons. The number of allylic oxidation sites excluding steroid dienone is 14. The number of aliphatic hydroxyl groups excluding tert-OH is 2. The van der Waals surface area contributed by atoms with Gasteiger partial charge in [0.1, 0.15) is 6.10 Å². The molecule has 0 heterocycles. The summed E-state index contributed by atoms with van der Waals surface area (Å²) in [5, 5.41) is 23.7. The molecule has 0 aliphatic heterocycles. The number of rotatable bonds is 45. The molecule has 6 nitrogen and oxygen atoms in total. The summed E-state index contributed by atoms with van der Waals surface area (Å²) in [5.74, 6) is -0.543. The van der Waals surface area contributed by atoms with Crippen molar-refractivity contribution >= 4 is 11.9 Å². The first-order valence-corrected chi connectivity index (χ1v) is 25.9. The minimum Gasteiger partial charge on any atom is -0.462 e. The van der Waals surface area contributed by atoms with E-state index >= 15 is 0 Å². The Hall–Kier alpha value is -2.96. The molecule has 0 bridgehead atoms. The fourth-order valence-electron chi connectivity index (χ4n) is 7.33. The third-order valence-corrected chi connectivity index (χ3v) is 11.3. The Kier molecular flexibility index (Phi) is 46.7. The number of hydrogen-bond acceptors (Lipinski definition) is 5. The van der Waals surface area contributed by atoms with Gasteiger partial charge in [0.2, 0.25) is 5.91 Å². The van der Waals surface area contributed by atoms with Crippen molar-refractivity contribution in [1.82, 2.24) is 5.32 Å². The Morgan fingerprint density at radius 3 is 1.44 bits per heavy atom. The van der Waals surface area contributed by atoms with Crippen LogP contribution >= 0.6 is 0 Å². The first-order valence-electron chi connectivity index (χ1n) is 25.9. The van der Waals surface area contributed by atoms with Gasteiger partial charge in [-0.05, 0) is 89.9 Å². The van der Waals surface area contributed by atoms with E-state index in [2.05, 4.69) is 111 Å². The smallest absolute Gasteiger partial charge is 0.306 e. The summed E-state index contributed by atoms with van der Waals surface area (Å²) in [7, 11) is 0. The number of carbonyl (C=O) groups is 2. The average molecular weight is 864 g/mol. The summed E-state index contributed by atoms with van der Waals surface area (Å²) in [5.41, 5.74) is 0. The number of aliphatic hydroxyl groups is 2. The second-order valence-corrected chi connectivity index (χ2v) is 17.3. The van der Waals surface area contributed by atoms with Crippen LogP contribution in [0.2, 0.25) is 0 Å². The Morgan fingerprint density at radius 1 is 0.484 bits per heavy atom. The molecule has 62 heavy (non-hydrogen) atoms. The topological polar surface area (TPSA) is 95.9 Å². The van der Waals surface area contributed by atoms with Crippen LogP contribution in [0.1, 0.15) is 233 Å². The Balaban J connectivity index is 4.72. The molecule has 0 saturated carbocycles. The molecule has 0 aromatic heterocycles. The summed E-state index contributed by atoms with van der Waals surface area (Å²) >= 11 is 0. The molecule has 3 N–H and O–H groups in total. The lowest BCUT2D eigenvalue weighted by molar-refractivity contribution is -0.151. The van der Waals surface area contributed by atoms with Gasteiger partial charge in [-0.25, -0.2) is 0 Å². The van der Waals surface area contributed by atoms with Crippen molar-refractivity contribution in [1.29, 1.82) is 0 Å². The van der Waals surface area contributed by atoms with Crippen LogP contribution in [0.4, 0.5) is 0 Å². The highest BCUT2D eigenvalue weighted by molar-refractivity contribution is 5.77. The number of esters is 1. The summed E-state index contributed by atoms with van der Waals surface area (Å²) in [6.07, 6.45) is 63.5. The second kappa shape index (κ2) is 49.1. The lowest BCUT2D eigenvalue weighted by atomic mass is 10.0. The number of nitrogens with one attached hydrogen (secondary N) is 1. The van der Waals surface area contributed by atoms with E-state index in [1.54, 1.807) is 0 Å². The molecule has 0 spiro atoms. The van der Waals surface area contributed by atoms with Gasteiger partial charge < -0.3 is 20.3 Å². The maximum absolute atomic E-state index is 13.2. The summed E-state index contributed by atoms with van der Waals surface area (Å²) in [4.78, 5) is 26.1. The molecule has 0 fully saturated rings. The van der Waals surface area contributed by atoms with Crippen LogP contribution in [0.25, 0.3) is 0 Å². The molecule has 0 aromatic carbocycles. The molecule has 1 amide bonds. The molecule has 0 aliphatic carbocycles. The van der Waals surface area contributed by atoms with Crippen LogP contribution in [0.5, 0.6) is 0 Å². The van der Waals surface area contributed by atoms with E-state index in [1.807, 2.05) is 0 Å². The number of carbonyl (C=O) groups excluding carboxylic acids is 2. The Morgan fingerprint density at radius 2 is 0.887 bits per heavy atom. The van der Waals surface area contributed by atoms with Crippen LogP contribution in [0.15, 0.2) is 85.1 Å². The van der Waals surface area contributed by atoms with Gasteiger partial charge in [-0.3, -0.25) is 9.59 Å². The van der Waals surface area contributed by atoms with E-state index in [0.29, 0.717) is 19.3 Å². The number of amides is 1. The number of hydrogen-bond donors (Lipinski definition) is 3. The van der Waals surface area contributed by atoms with Crippen LogP contribution in [0.3, 0.4) is 0 Å². The van der Waals surface area contributed by atoms with Gasteiger partial charge in [0, 0.05) is 6.42 Å². The monoisotopic (exact) mass is 864 g/mol. The zero-order valence-electron chi connectivity index (χ0n) is 40.5. The molecule has 0 aliphatic rings. The fraction of sp³-hybridized carbons (Fsp3) is 0.714. The van der Waals surface area contributed by atoms with Crippen molar-refractivity contribution in [2.45, 2.75) is 251 Å². The van der Waals surface area contributed by atoms with Crippen LogP contribution < -0.4 is 5.32 Å². The van der Waals surface area contributed by atoms with Crippen molar-refractivity contribution < 1.29 is 24.5 Å². The van der Waals surface area contributed by atoms with Crippen LogP contribution in [-0.4, -0.2) is 46.9 Å². The van der Waals surface area contributed by atoms with Gasteiger partial charge >= 0.3 is 5.97 Å². The Bertz CT molecular complexity index is 1200. The lowest BCUT2D eigenvalue weighted by Gasteiger charge is -2.24. The van der Waals surface area contributed by atoms with E-state index in [9.17, 15) is 19.8 Å². The fourth-order valence-corrected chi connectivity index (χ4v) is 7.33.